The summed E-state index contributed by atoms with van der Waals surface area (Å²) in [5.41, 5.74) is 1.64. The van der Waals surface area contributed by atoms with Gasteiger partial charge in [0, 0.05) is 23.6 Å². The summed E-state index contributed by atoms with van der Waals surface area (Å²) in [6.45, 7) is 8.00. The fourth-order valence-electron chi connectivity index (χ4n) is 1.38. The van der Waals surface area contributed by atoms with Gasteiger partial charge in [0.1, 0.15) is 6.20 Å². The van der Waals surface area contributed by atoms with Crippen molar-refractivity contribution < 1.29 is 4.92 Å². The number of aryl methyl sites for hydroxylation is 1. The molecule has 0 aromatic carbocycles. The monoisotopic (exact) mass is 256 g/mol. The van der Waals surface area contributed by atoms with E-state index in [0.29, 0.717) is 6.42 Å². The number of alkyl halides is 1. The second kappa shape index (κ2) is 5.00. The van der Waals surface area contributed by atoms with E-state index in [0.717, 1.165) is 11.3 Å². The van der Waals surface area contributed by atoms with Crippen molar-refractivity contribution in [2.75, 3.05) is 0 Å². The SMILES string of the molecule is Cc1cc([N+](=O)[O-])cnc1CC(Cl)C(C)(C)C. The van der Waals surface area contributed by atoms with Crippen molar-refractivity contribution in [3.8, 4) is 0 Å². The Bertz CT molecular complexity index is 427. The van der Waals surface area contributed by atoms with Gasteiger partial charge in [-0.3, -0.25) is 15.1 Å². The summed E-state index contributed by atoms with van der Waals surface area (Å²) >= 11 is 6.29. The Kier molecular flexibility index (Phi) is 4.09. The molecule has 1 aromatic heterocycles. The van der Waals surface area contributed by atoms with E-state index < -0.39 is 4.92 Å². The molecule has 0 N–H and O–H groups in total. The fourth-order valence-corrected chi connectivity index (χ4v) is 1.52. The molecule has 0 radical (unpaired) electrons. The van der Waals surface area contributed by atoms with Crippen LogP contribution in [0.3, 0.4) is 0 Å². The number of pyridine rings is 1. The Morgan fingerprint density at radius 2 is 2.12 bits per heavy atom. The van der Waals surface area contributed by atoms with Crippen LogP contribution >= 0.6 is 11.6 Å². The highest BCUT2D eigenvalue weighted by Crippen LogP contribution is 2.28. The van der Waals surface area contributed by atoms with Gasteiger partial charge < -0.3 is 0 Å². The van der Waals surface area contributed by atoms with E-state index in [4.69, 9.17) is 11.6 Å². The molecule has 1 unspecified atom stereocenters. The van der Waals surface area contributed by atoms with E-state index >= 15 is 0 Å². The van der Waals surface area contributed by atoms with Crippen molar-refractivity contribution in [2.24, 2.45) is 5.41 Å². The summed E-state index contributed by atoms with van der Waals surface area (Å²) < 4.78 is 0. The molecule has 94 valence electrons. The molecule has 0 amide bonds. The van der Waals surface area contributed by atoms with E-state index in [-0.39, 0.29) is 16.5 Å². The highest BCUT2D eigenvalue weighted by Gasteiger charge is 2.24. The van der Waals surface area contributed by atoms with Crippen LogP contribution in [0.15, 0.2) is 12.3 Å². The van der Waals surface area contributed by atoms with Crippen LogP contribution in [0.25, 0.3) is 0 Å². The lowest BCUT2D eigenvalue weighted by Crippen LogP contribution is -2.23. The highest BCUT2D eigenvalue weighted by molar-refractivity contribution is 6.21. The summed E-state index contributed by atoms with van der Waals surface area (Å²) in [4.78, 5) is 14.3. The molecule has 0 aliphatic rings. The second-order valence-electron chi connectivity index (χ2n) is 5.25. The quantitative estimate of drug-likeness (QED) is 0.473. The van der Waals surface area contributed by atoms with Gasteiger partial charge in [0.05, 0.1) is 4.92 Å². The topological polar surface area (TPSA) is 56.0 Å². The first-order valence-corrected chi connectivity index (χ1v) is 5.89. The average molecular weight is 257 g/mol. The molecule has 1 heterocycles. The standard InChI is InChI=1S/C12H17ClN2O2/c1-8-5-9(15(16)17)7-14-10(8)6-11(13)12(2,3)4/h5,7,11H,6H2,1-4H3. The molecule has 0 aliphatic heterocycles. The number of hydrogen-bond acceptors (Lipinski definition) is 3. The Hall–Kier alpha value is -1.16. The van der Waals surface area contributed by atoms with Gasteiger partial charge >= 0.3 is 0 Å². The van der Waals surface area contributed by atoms with Crippen molar-refractivity contribution >= 4 is 17.3 Å². The van der Waals surface area contributed by atoms with E-state index in [9.17, 15) is 10.1 Å². The van der Waals surface area contributed by atoms with Crippen LogP contribution in [-0.4, -0.2) is 15.3 Å². The molecule has 1 aromatic rings. The van der Waals surface area contributed by atoms with Gasteiger partial charge in [0.15, 0.2) is 0 Å². The van der Waals surface area contributed by atoms with Crippen LogP contribution in [0.4, 0.5) is 5.69 Å². The predicted molar refractivity (Wildman–Crippen MR) is 68.4 cm³/mol. The Morgan fingerprint density at radius 1 is 1.53 bits per heavy atom. The van der Waals surface area contributed by atoms with Gasteiger partial charge in [0.25, 0.3) is 5.69 Å². The molecule has 0 saturated carbocycles. The van der Waals surface area contributed by atoms with Crippen LogP contribution in [0.2, 0.25) is 0 Å². The van der Waals surface area contributed by atoms with Crippen LogP contribution in [-0.2, 0) is 6.42 Å². The third-order valence-electron chi connectivity index (χ3n) is 2.70. The number of halogens is 1. The van der Waals surface area contributed by atoms with Crippen LogP contribution in [0.1, 0.15) is 32.0 Å². The zero-order chi connectivity index (χ0) is 13.2. The smallest absolute Gasteiger partial charge is 0.258 e. The Balaban J connectivity index is 2.90. The predicted octanol–water partition coefficient (Wildman–Crippen LogP) is 3.49. The molecule has 0 fully saturated rings. The van der Waals surface area contributed by atoms with Crippen molar-refractivity contribution in [1.82, 2.24) is 4.98 Å². The molecule has 4 nitrogen and oxygen atoms in total. The third-order valence-corrected chi connectivity index (χ3v) is 3.50. The lowest BCUT2D eigenvalue weighted by molar-refractivity contribution is -0.385. The lowest BCUT2D eigenvalue weighted by Gasteiger charge is -2.25. The van der Waals surface area contributed by atoms with Crippen molar-refractivity contribution in [3.05, 3.63) is 33.6 Å². The first-order chi connectivity index (χ1) is 7.71. The van der Waals surface area contributed by atoms with Crippen molar-refractivity contribution in [3.63, 3.8) is 0 Å². The van der Waals surface area contributed by atoms with E-state index in [2.05, 4.69) is 25.8 Å². The number of hydrogen-bond donors (Lipinski definition) is 0. The maximum Gasteiger partial charge on any atom is 0.287 e. The summed E-state index contributed by atoms with van der Waals surface area (Å²) in [7, 11) is 0. The zero-order valence-electron chi connectivity index (χ0n) is 10.5. The average Bonchev–Trinajstić information content (AvgIpc) is 2.19. The maximum atomic E-state index is 10.6. The first kappa shape index (κ1) is 13.9. The van der Waals surface area contributed by atoms with Gasteiger partial charge in [0.2, 0.25) is 0 Å². The minimum atomic E-state index is -0.439. The minimum Gasteiger partial charge on any atom is -0.258 e. The summed E-state index contributed by atoms with van der Waals surface area (Å²) in [5.74, 6) is 0. The highest BCUT2D eigenvalue weighted by atomic mass is 35.5. The molecule has 1 atom stereocenters. The molecule has 1 rings (SSSR count). The van der Waals surface area contributed by atoms with E-state index in [1.54, 1.807) is 0 Å². The van der Waals surface area contributed by atoms with Gasteiger partial charge in [-0.15, -0.1) is 11.6 Å². The van der Waals surface area contributed by atoms with E-state index in [1.807, 2.05) is 6.92 Å². The fraction of sp³-hybridized carbons (Fsp3) is 0.583. The second-order valence-corrected chi connectivity index (χ2v) is 5.78. The molecule has 0 spiro atoms. The van der Waals surface area contributed by atoms with Gasteiger partial charge in [-0.2, -0.15) is 0 Å². The number of aromatic nitrogens is 1. The molecule has 0 aliphatic carbocycles. The van der Waals surface area contributed by atoms with Crippen molar-refractivity contribution in [2.45, 2.75) is 39.5 Å². The van der Waals surface area contributed by atoms with Gasteiger partial charge in [-0.05, 0) is 17.9 Å². The third kappa shape index (κ3) is 3.66. The van der Waals surface area contributed by atoms with E-state index in [1.165, 1.54) is 12.3 Å². The number of nitrogens with zero attached hydrogens (tertiary/aromatic N) is 2. The maximum absolute atomic E-state index is 10.6. The molecule has 0 saturated heterocycles. The molecular formula is C12H17ClN2O2. The Morgan fingerprint density at radius 3 is 2.53 bits per heavy atom. The molecular weight excluding hydrogens is 240 g/mol. The minimum absolute atomic E-state index is 0.0164. The largest absolute Gasteiger partial charge is 0.287 e. The number of nitro groups is 1. The lowest BCUT2D eigenvalue weighted by atomic mass is 9.88. The summed E-state index contributed by atoms with van der Waals surface area (Å²) in [6, 6.07) is 1.54. The normalized spacial score (nSPS) is 13.5. The summed E-state index contributed by atoms with van der Waals surface area (Å²) in [6.07, 6.45) is 1.91. The van der Waals surface area contributed by atoms with Crippen molar-refractivity contribution in [1.29, 1.82) is 0 Å². The Labute approximate surface area is 106 Å². The van der Waals surface area contributed by atoms with Gasteiger partial charge in [-0.25, -0.2) is 0 Å². The first-order valence-electron chi connectivity index (χ1n) is 5.46. The van der Waals surface area contributed by atoms with Gasteiger partial charge in [-0.1, -0.05) is 20.8 Å². The van der Waals surface area contributed by atoms with Crippen LogP contribution < -0.4 is 0 Å². The number of rotatable bonds is 3. The molecule has 5 heteroatoms. The van der Waals surface area contributed by atoms with Crippen LogP contribution in [0.5, 0.6) is 0 Å². The molecule has 0 bridgehead atoms. The van der Waals surface area contributed by atoms with Crippen LogP contribution in [0, 0.1) is 22.5 Å². The summed E-state index contributed by atoms with van der Waals surface area (Å²) in [5, 5.41) is 10.5. The molecule has 17 heavy (non-hydrogen) atoms. The zero-order valence-corrected chi connectivity index (χ0v) is 11.3.